The SMILES string of the molecule is CCN(S)C(=O)Nc1ccc2ncc(-c3cnn(Cc4cccc(C)c4F)c3)nc2n1. The number of amides is 2. The maximum atomic E-state index is 14.3. The van der Waals surface area contributed by atoms with Crippen molar-refractivity contribution < 1.29 is 9.18 Å². The van der Waals surface area contributed by atoms with E-state index in [-0.39, 0.29) is 11.8 Å². The largest absolute Gasteiger partial charge is 0.332 e. The fourth-order valence-electron chi connectivity index (χ4n) is 3.01. The molecular formula is C21H20FN7OS. The molecule has 0 bridgehead atoms. The normalized spacial score (nSPS) is 11.0. The number of anilines is 1. The number of nitrogens with zero attached hydrogens (tertiary/aromatic N) is 6. The highest BCUT2D eigenvalue weighted by Gasteiger charge is 2.12. The van der Waals surface area contributed by atoms with E-state index in [1.165, 1.54) is 4.31 Å². The Morgan fingerprint density at radius 1 is 1.23 bits per heavy atom. The lowest BCUT2D eigenvalue weighted by Crippen LogP contribution is -2.27. The molecule has 4 aromatic rings. The van der Waals surface area contributed by atoms with Crippen LogP contribution >= 0.6 is 12.8 Å². The van der Waals surface area contributed by atoms with Gasteiger partial charge in [-0.05, 0) is 31.5 Å². The van der Waals surface area contributed by atoms with Crippen LogP contribution in [-0.2, 0) is 6.54 Å². The molecule has 0 aliphatic heterocycles. The van der Waals surface area contributed by atoms with Gasteiger partial charge < -0.3 is 0 Å². The predicted octanol–water partition coefficient (Wildman–Crippen LogP) is 4.08. The number of pyridine rings is 1. The van der Waals surface area contributed by atoms with Crippen molar-refractivity contribution in [2.24, 2.45) is 0 Å². The highest BCUT2D eigenvalue weighted by molar-refractivity contribution is 7.78. The Bertz CT molecular complexity index is 1260. The first-order chi connectivity index (χ1) is 14.9. The Kier molecular flexibility index (Phi) is 5.81. The number of nitrogens with one attached hydrogen (secondary N) is 1. The van der Waals surface area contributed by atoms with Gasteiger partial charge >= 0.3 is 6.03 Å². The molecule has 8 nitrogen and oxygen atoms in total. The third kappa shape index (κ3) is 4.48. The molecule has 1 N–H and O–H groups in total. The van der Waals surface area contributed by atoms with Crippen LogP contribution in [0.4, 0.5) is 15.0 Å². The van der Waals surface area contributed by atoms with Crippen LogP contribution in [0.25, 0.3) is 22.4 Å². The lowest BCUT2D eigenvalue weighted by atomic mass is 10.1. The molecule has 2 amide bonds. The average molecular weight is 438 g/mol. The first-order valence-corrected chi connectivity index (χ1v) is 10.0. The van der Waals surface area contributed by atoms with Crippen molar-refractivity contribution >= 4 is 35.8 Å². The molecule has 1 aromatic carbocycles. The molecule has 0 unspecified atom stereocenters. The van der Waals surface area contributed by atoms with E-state index in [1.807, 2.05) is 13.0 Å². The molecule has 0 aliphatic carbocycles. The number of fused-ring (bicyclic) bond motifs is 1. The number of carbonyl (C=O) groups is 1. The summed E-state index contributed by atoms with van der Waals surface area (Å²) in [5, 5.41) is 6.98. The van der Waals surface area contributed by atoms with Gasteiger partial charge in [0.2, 0.25) is 0 Å². The fourth-order valence-corrected chi connectivity index (χ4v) is 3.06. The summed E-state index contributed by atoms with van der Waals surface area (Å²) in [6, 6.07) is 8.30. The van der Waals surface area contributed by atoms with Gasteiger partial charge in [-0.3, -0.25) is 19.3 Å². The van der Waals surface area contributed by atoms with Gasteiger partial charge in [0.25, 0.3) is 0 Å². The third-order valence-corrected chi connectivity index (χ3v) is 5.17. The standard InChI is InChI=1S/C21H20FN7OS/c1-3-29(31)21(30)27-18-8-7-16-20(26-18)25-17(10-23-16)15-9-24-28(12-15)11-14-6-4-5-13(2)19(14)22/h4-10,12,31H,3,11H2,1-2H3,(H,25,26,27,30). The van der Waals surface area contributed by atoms with Crippen molar-refractivity contribution in [3.8, 4) is 11.3 Å². The van der Waals surface area contributed by atoms with E-state index < -0.39 is 0 Å². The number of aromatic nitrogens is 5. The number of hydrogen-bond donors (Lipinski definition) is 2. The summed E-state index contributed by atoms with van der Waals surface area (Å²) in [6.45, 7) is 4.30. The Morgan fingerprint density at radius 3 is 2.87 bits per heavy atom. The van der Waals surface area contributed by atoms with Gasteiger partial charge in [-0.25, -0.2) is 19.2 Å². The Hall–Kier alpha value is -3.53. The smallest absolute Gasteiger partial charge is 0.291 e. The van der Waals surface area contributed by atoms with E-state index in [4.69, 9.17) is 0 Å². The Balaban J connectivity index is 1.58. The summed E-state index contributed by atoms with van der Waals surface area (Å²) in [5.41, 5.74) is 3.44. The Morgan fingerprint density at radius 2 is 2.06 bits per heavy atom. The molecule has 0 saturated heterocycles. The second-order valence-electron chi connectivity index (χ2n) is 6.91. The lowest BCUT2D eigenvalue weighted by Gasteiger charge is -2.13. The molecule has 0 radical (unpaired) electrons. The molecule has 3 heterocycles. The lowest BCUT2D eigenvalue weighted by molar-refractivity contribution is 0.240. The minimum Gasteiger partial charge on any atom is -0.291 e. The maximum Gasteiger partial charge on any atom is 0.332 e. The predicted molar refractivity (Wildman–Crippen MR) is 119 cm³/mol. The van der Waals surface area contributed by atoms with Crippen molar-refractivity contribution in [2.75, 3.05) is 11.9 Å². The average Bonchev–Trinajstić information content (AvgIpc) is 3.24. The molecule has 0 aliphatic rings. The first-order valence-electron chi connectivity index (χ1n) is 9.62. The zero-order valence-electron chi connectivity index (χ0n) is 16.9. The highest BCUT2D eigenvalue weighted by Crippen LogP contribution is 2.20. The van der Waals surface area contributed by atoms with E-state index in [2.05, 4.69) is 38.2 Å². The van der Waals surface area contributed by atoms with Crippen molar-refractivity contribution in [2.45, 2.75) is 20.4 Å². The molecule has 4 rings (SSSR count). The van der Waals surface area contributed by atoms with Gasteiger partial charge in [-0.15, -0.1) is 0 Å². The van der Waals surface area contributed by atoms with Crippen LogP contribution in [0.15, 0.2) is 48.9 Å². The first kappa shape index (κ1) is 20.7. The van der Waals surface area contributed by atoms with Crippen LogP contribution in [0.5, 0.6) is 0 Å². The molecule has 158 valence electrons. The Labute approximate surface area is 183 Å². The van der Waals surface area contributed by atoms with Gasteiger partial charge in [-0.1, -0.05) is 31.0 Å². The zero-order chi connectivity index (χ0) is 22.0. The number of hydrogen-bond acceptors (Lipinski definition) is 6. The summed E-state index contributed by atoms with van der Waals surface area (Å²) in [6.07, 6.45) is 5.06. The molecule has 0 spiro atoms. The molecule has 10 heteroatoms. The molecular weight excluding hydrogens is 417 g/mol. The van der Waals surface area contributed by atoms with Crippen LogP contribution < -0.4 is 5.32 Å². The summed E-state index contributed by atoms with van der Waals surface area (Å²) in [5.74, 6) is 0.119. The molecule has 3 aromatic heterocycles. The number of benzene rings is 1. The maximum absolute atomic E-state index is 14.3. The van der Waals surface area contributed by atoms with E-state index in [9.17, 15) is 9.18 Å². The van der Waals surface area contributed by atoms with Gasteiger partial charge in [0.05, 0.1) is 24.6 Å². The second-order valence-corrected chi connectivity index (χ2v) is 7.40. The summed E-state index contributed by atoms with van der Waals surface area (Å²) in [4.78, 5) is 25.3. The van der Waals surface area contributed by atoms with Gasteiger partial charge in [0.15, 0.2) is 5.65 Å². The molecule has 0 saturated carbocycles. The van der Waals surface area contributed by atoms with Gasteiger partial charge in [0, 0.05) is 23.9 Å². The minimum absolute atomic E-state index is 0.230. The van der Waals surface area contributed by atoms with Crippen molar-refractivity contribution in [3.05, 3.63) is 65.9 Å². The van der Waals surface area contributed by atoms with Crippen LogP contribution in [0.3, 0.4) is 0 Å². The van der Waals surface area contributed by atoms with Crippen LogP contribution in [0.2, 0.25) is 0 Å². The number of thiol groups is 1. The van der Waals surface area contributed by atoms with E-state index in [0.717, 1.165) is 5.56 Å². The van der Waals surface area contributed by atoms with Crippen LogP contribution in [-0.4, -0.2) is 41.6 Å². The number of halogens is 1. The molecule has 0 fully saturated rings. The van der Waals surface area contributed by atoms with E-state index >= 15 is 0 Å². The number of urea groups is 1. The number of carbonyl (C=O) groups excluding carboxylic acids is 1. The van der Waals surface area contributed by atoms with Gasteiger partial charge in [-0.2, -0.15) is 5.10 Å². The van der Waals surface area contributed by atoms with Gasteiger partial charge in [0.1, 0.15) is 17.2 Å². The number of aryl methyl sites for hydroxylation is 1. The highest BCUT2D eigenvalue weighted by atomic mass is 32.1. The molecule has 31 heavy (non-hydrogen) atoms. The summed E-state index contributed by atoms with van der Waals surface area (Å²) < 4.78 is 17.2. The van der Waals surface area contributed by atoms with Crippen molar-refractivity contribution in [1.29, 1.82) is 0 Å². The second kappa shape index (κ2) is 8.68. The zero-order valence-corrected chi connectivity index (χ0v) is 17.8. The van der Waals surface area contributed by atoms with Crippen LogP contribution in [0, 0.1) is 12.7 Å². The molecule has 0 atom stereocenters. The van der Waals surface area contributed by atoms with Crippen LogP contribution in [0.1, 0.15) is 18.1 Å². The van der Waals surface area contributed by atoms with E-state index in [0.29, 0.717) is 46.9 Å². The number of rotatable bonds is 5. The van der Waals surface area contributed by atoms with Crippen molar-refractivity contribution in [1.82, 2.24) is 29.0 Å². The van der Waals surface area contributed by atoms with Crippen molar-refractivity contribution in [3.63, 3.8) is 0 Å². The fraction of sp³-hybridized carbons (Fsp3) is 0.190. The summed E-state index contributed by atoms with van der Waals surface area (Å²) in [7, 11) is 0. The minimum atomic E-state index is -0.383. The quantitative estimate of drug-likeness (QED) is 0.459. The van der Waals surface area contributed by atoms with E-state index in [1.54, 1.807) is 54.5 Å². The monoisotopic (exact) mass is 437 g/mol. The topological polar surface area (TPSA) is 88.8 Å². The summed E-state index contributed by atoms with van der Waals surface area (Å²) >= 11 is 4.08. The third-order valence-electron chi connectivity index (χ3n) is 4.71.